The van der Waals surface area contributed by atoms with E-state index in [0.29, 0.717) is 18.7 Å². The molecule has 1 saturated heterocycles. The number of halogens is 1. The SMILES string of the molecule is Cn1c(C2CCN(C(=O)Cc3cccc(F)c3)C2)nc2cccnc21. The highest BCUT2D eigenvalue weighted by molar-refractivity contribution is 5.79. The molecule has 5 nitrogen and oxygen atoms in total. The summed E-state index contributed by atoms with van der Waals surface area (Å²) >= 11 is 0. The second kappa shape index (κ2) is 6.27. The van der Waals surface area contributed by atoms with Gasteiger partial charge in [0.2, 0.25) is 5.91 Å². The van der Waals surface area contributed by atoms with Crippen LogP contribution in [0.4, 0.5) is 4.39 Å². The quantitative estimate of drug-likeness (QED) is 0.738. The first-order valence-electron chi connectivity index (χ1n) is 8.41. The van der Waals surface area contributed by atoms with Gasteiger partial charge in [-0.3, -0.25) is 4.79 Å². The Morgan fingerprint density at radius 2 is 2.20 bits per heavy atom. The van der Waals surface area contributed by atoms with Crippen molar-refractivity contribution in [2.24, 2.45) is 7.05 Å². The summed E-state index contributed by atoms with van der Waals surface area (Å²) in [5.74, 6) is 0.896. The van der Waals surface area contributed by atoms with Crippen molar-refractivity contribution >= 4 is 17.1 Å². The molecule has 0 radical (unpaired) electrons. The molecule has 1 amide bonds. The number of fused-ring (bicyclic) bond motifs is 1. The molecule has 1 aliphatic rings. The second-order valence-electron chi connectivity index (χ2n) is 6.51. The predicted molar refractivity (Wildman–Crippen MR) is 92.6 cm³/mol. The minimum atomic E-state index is -0.309. The van der Waals surface area contributed by atoms with Crippen LogP contribution in [0.3, 0.4) is 0 Å². The Morgan fingerprint density at radius 1 is 1.32 bits per heavy atom. The van der Waals surface area contributed by atoms with Crippen molar-refractivity contribution in [2.75, 3.05) is 13.1 Å². The molecule has 1 fully saturated rings. The van der Waals surface area contributed by atoms with Crippen molar-refractivity contribution in [3.05, 3.63) is 59.8 Å². The highest BCUT2D eigenvalue weighted by Crippen LogP contribution is 2.28. The first-order valence-corrected chi connectivity index (χ1v) is 8.41. The van der Waals surface area contributed by atoms with Gasteiger partial charge in [-0.15, -0.1) is 0 Å². The fraction of sp³-hybridized carbons (Fsp3) is 0.316. The van der Waals surface area contributed by atoms with Crippen LogP contribution in [0.25, 0.3) is 11.2 Å². The first kappa shape index (κ1) is 15.7. The predicted octanol–water partition coefficient (Wildman–Crippen LogP) is 2.67. The largest absolute Gasteiger partial charge is 0.342 e. The summed E-state index contributed by atoms with van der Waals surface area (Å²) in [6.07, 6.45) is 2.87. The third-order valence-corrected chi connectivity index (χ3v) is 4.81. The molecular weight excluding hydrogens is 319 g/mol. The molecule has 0 bridgehead atoms. The molecule has 6 heteroatoms. The molecule has 1 aliphatic heterocycles. The Hall–Kier alpha value is -2.76. The minimum absolute atomic E-state index is 0.0324. The van der Waals surface area contributed by atoms with E-state index in [1.165, 1.54) is 12.1 Å². The Kier molecular flexibility index (Phi) is 3.95. The van der Waals surface area contributed by atoms with E-state index in [1.807, 2.05) is 28.6 Å². The number of rotatable bonds is 3. The van der Waals surface area contributed by atoms with E-state index < -0.39 is 0 Å². The number of pyridine rings is 1. The van der Waals surface area contributed by atoms with Crippen LogP contribution in [0.1, 0.15) is 23.7 Å². The molecule has 0 aliphatic carbocycles. The number of benzene rings is 1. The Balaban J connectivity index is 1.49. The van der Waals surface area contributed by atoms with E-state index in [2.05, 4.69) is 4.98 Å². The standard InChI is InChI=1S/C19H19FN4O/c1-23-18(22-16-6-3-8-21-19(16)23)14-7-9-24(12-14)17(25)11-13-4-2-5-15(20)10-13/h2-6,8,10,14H,7,9,11-12H2,1H3. The van der Waals surface area contributed by atoms with E-state index in [-0.39, 0.29) is 24.1 Å². The highest BCUT2D eigenvalue weighted by atomic mass is 19.1. The molecule has 3 aromatic rings. The third kappa shape index (κ3) is 2.99. The summed E-state index contributed by atoms with van der Waals surface area (Å²) in [6, 6.07) is 10.1. The zero-order valence-electron chi connectivity index (χ0n) is 14.0. The van der Waals surface area contributed by atoms with Gasteiger partial charge < -0.3 is 9.47 Å². The van der Waals surface area contributed by atoms with Crippen molar-refractivity contribution in [1.29, 1.82) is 0 Å². The molecule has 1 unspecified atom stereocenters. The summed E-state index contributed by atoms with van der Waals surface area (Å²) in [6.45, 7) is 1.35. The summed E-state index contributed by atoms with van der Waals surface area (Å²) < 4.78 is 15.3. The van der Waals surface area contributed by atoms with Crippen LogP contribution in [0.5, 0.6) is 0 Å². The van der Waals surface area contributed by atoms with Gasteiger partial charge >= 0.3 is 0 Å². The van der Waals surface area contributed by atoms with Gasteiger partial charge in [0.25, 0.3) is 0 Å². The van der Waals surface area contributed by atoms with E-state index in [0.717, 1.165) is 23.4 Å². The van der Waals surface area contributed by atoms with Gasteiger partial charge in [-0.05, 0) is 36.2 Å². The lowest BCUT2D eigenvalue weighted by atomic mass is 10.1. The molecule has 2 aromatic heterocycles. The fourth-order valence-electron chi connectivity index (χ4n) is 3.54. The average molecular weight is 338 g/mol. The summed E-state index contributed by atoms with van der Waals surface area (Å²) in [4.78, 5) is 23.4. The van der Waals surface area contributed by atoms with Gasteiger partial charge in [0, 0.05) is 32.3 Å². The average Bonchev–Trinajstić information content (AvgIpc) is 3.20. The zero-order chi connectivity index (χ0) is 17.4. The number of amides is 1. The van der Waals surface area contributed by atoms with E-state index >= 15 is 0 Å². The number of nitrogens with zero attached hydrogens (tertiary/aromatic N) is 4. The van der Waals surface area contributed by atoms with Crippen LogP contribution >= 0.6 is 0 Å². The highest BCUT2D eigenvalue weighted by Gasteiger charge is 2.30. The number of hydrogen-bond donors (Lipinski definition) is 0. The van der Waals surface area contributed by atoms with Gasteiger partial charge in [-0.25, -0.2) is 14.4 Å². The maximum absolute atomic E-state index is 13.3. The number of carbonyl (C=O) groups excluding carboxylic acids is 1. The number of hydrogen-bond acceptors (Lipinski definition) is 3. The summed E-state index contributed by atoms with van der Waals surface area (Å²) in [5, 5.41) is 0. The topological polar surface area (TPSA) is 51.0 Å². The van der Waals surface area contributed by atoms with E-state index in [1.54, 1.807) is 18.3 Å². The van der Waals surface area contributed by atoms with E-state index in [9.17, 15) is 9.18 Å². The van der Waals surface area contributed by atoms with Gasteiger partial charge in [0.05, 0.1) is 6.42 Å². The molecule has 0 spiro atoms. The smallest absolute Gasteiger partial charge is 0.227 e. The monoisotopic (exact) mass is 338 g/mol. The van der Waals surface area contributed by atoms with Crippen molar-refractivity contribution in [2.45, 2.75) is 18.8 Å². The van der Waals surface area contributed by atoms with Crippen molar-refractivity contribution in [1.82, 2.24) is 19.4 Å². The van der Waals surface area contributed by atoms with Crippen LogP contribution < -0.4 is 0 Å². The number of aromatic nitrogens is 3. The van der Waals surface area contributed by atoms with Gasteiger partial charge in [0.1, 0.15) is 17.2 Å². The van der Waals surface area contributed by atoms with Gasteiger partial charge in [0.15, 0.2) is 5.65 Å². The van der Waals surface area contributed by atoms with Crippen LogP contribution in [-0.2, 0) is 18.3 Å². The minimum Gasteiger partial charge on any atom is -0.342 e. The number of imidazole rings is 1. The molecule has 1 aromatic carbocycles. The maximum atomic E-state index is 13.3. The lowest BCUT2D eigenvalue weighted by molar-refractivity contribution is -0.129. The Morgan fingerprint density at radius 3 is 3.00 bits per heavy atom. The lowest BCUT2D eigenvalue weighted by Crippen LogP contribution is -2.30. The molecule has 25 heavy (non-hydrogen) atoms. The van der Waals surface area contributed by atoms with Crippen LogP contribution in [0.15, 0.2) is 42.6 Å². The fourth-order valence-corrected chi connectivity index (χ4v) is 3.54. The van der Waals surface area contributed by atoms with Crippen LogP contribution in [0.2, 0.25) is 0 Å². The van der Waals surface area contributed by atoms with Crippen molar-refractivity contribution < 1.29 is 9.18 Å². The van der Waals surface area contributed by atoms with Gasteiger partial charge in [-0.2, -0.15) is 0 Å². The number of aryl methyl sites for hydroxylation is 1. The van der Waals surface area contributed by atoms with E-state index in [4.69, 9.17) is 4.98 Å². The molecule has 1 atom stereocenters. The van der Waals surface area contributed by atoms with Gasteiger partial charge in [-0.1, -0.05) is 12.1 Å². The van der Waals surface area contributed by atoms with Crippen LogP contribution in [-0.4, -0.2) is 38.4 Å². The molecule has 0 saturated carbocycles. The Labute approximate surface area is 145 Å². The molecular formula is C19H19FN4O. The van der Waals surface area contributed by atoms with Crippen molar-refractivity contribution in [3.8, 4) is 0 Å². The zero-order valence-corrected chi connectivity index (χ0v) is 14.0. The third-order valence-electron chi connectivity index (χ3n) is 4.81. The molecule has 3 heterocycles. The molecule has 128 valence electrons. The summed E-state index contributed by atoms with van der Waals surface area (Å²) in [5.41, 5.74) is 2.45. The molecule has 4 rings (SSSR count). The Bertz CT molecular complexity index is 936. The summed E-state index contributed by atoms with van der Waals surface area (Å²) in [7, 11) is 1.97. The molecule has 0 N–H and O–H groups in total. The van der Waals surface area contributed by atoms with Crippen molar-refractivity contribution in [3.63, 3.8) is 0 Å². The normalized spacial score (nSPS) is 17.4. The lowest BCUT2D eigenvalue weighted by Gasteiger charge is -2.16. The van der Waals surface area contributed by atoms with Crippen LogP contribution in [0, 0.1) is 5.82 Å². The number of carbonyl (C=O) groups is 1. The number of likely N-dealkylation sites (tertiary alicyclic amines) is 1. The first-order chi connectivity index (χ1) is 12.1. The maximum Gasteiger partial charge on any atom is 0.227 e. The second-order valence-corrected chi connectivity index (χ2v) is 6.51.